The van der Waals surface area contributed by atoms with Gasteiger partial charge >= 0.3 is 0 Å². The van der Waals surface area contributed by atoms with Gasteiger partial charge in [-0.2, -0.15) is 0 Å². The average molecular weight is 767 g/mol. The van der Waals surface area contributed by atoms with Crippen LogP contribution in [0.1, 0.15) is 17.2 Å². The van der Waals surface area contributed by atoms with Crippen molar-refractivity contribution >= 4 is 27.6 Å². The summed E-state index contributed by atoms with van der Waals surface area (Å²) in [4.78, 5) is 10.3. The first-order chi connectivity index (χ1) is 29.7. The van der Waals surface area contributed by atoms with Gasteiger partial charge in [-0.05, 0) is 79.2 Å². The highest BCUT2D eigenvalue weighted by atomic mass is 16.5. The molecular formula is C57H38N2O. The average Bonchev–Trinajstić information content (AvgIpc) is 3.33. The van der Waals surface area contributed by atoms with E-state index < -0.39 is 0 Å². The summed E-state index contributed by atoms with van der Waals surface area (Å²) in [5.41, 5.74) is 13.9. The predicted octanol–water partition coefficient (Wildman–Crippen LogP) is 14.9. The van der Waals surface area contributed by atoms with E-state index >= 15 is 0 Å². The lowest BCUT2D eigenvalue weighted by atomic mass is 9.85. The topological polar surface area (TPSA) is 35.0 Å². The van der Waals surface area contributed by atoms with Crippen LogP contribution in [0.25, 0.3) is 94.9 Å². The van der Waals surface area contributed by atoms with Crippen LogP contribution >= 0.6 is 0 Å². The van der Waals surface area contributed by atoms with Crippen LogP contribution in [-0.4, -0.2) is 9.97 Å². The third kappa shape index (κ3) is 6.53. The highest BCUT2D eigenvalue weighted by Gasteiger charge is 2.22. The van der Waals surface area contributed by atoms with Crippen molar-refractivity contribution in [3.63, 3.8) is 0 Å². The Labute approximate surface area is 349 Å². The lowest BCUT2D eigenvalue weighted by Gasteiger charge is -2.24. The minimum Gasteiger partial charge on any atom is -0.481 e. The number of benzene rings is 9. The Morgan fingerprint density at radius 3 is 1.73 bits per heavy atom. The van der Waals surface area contributed by atoms with E-state index in [0.29, 0.717) is 5.82 Å². The van der Waals surface area contributed by atoms with E-state index in [1.54, 1.807) is 0 Å². The van der Waals surface area contributed by atoms with Crippen molar-refractivity contribution in [3.05, 3.63) is 230 Å². The summed E-state index contributed by atoms with van der Waals surface area (Å²) < 4.78 is 6.83. The molecule has 0 amide bonds. The van der Waals surface area contributed by atoms with Crippen LogP contribution in [0.2, 0.25) is 0 Å². The van der Waals surface area contributed by atoms with Crippen LogP contribution in [0.4, 0.5) is 0 Å². The Bertz CT molecular complexity index is 3180. The van der Waals surface area contributed by atoms with Gasteiger partial charge in [0.15, 0.2) is 5.82 Å². The van der Waals surface area contributed by atoms with E-state index in [-0.39, 0.29) is 6.10 Å². The van der Waals surface area contributed by atoms with Gasteiger partial charge in [-0.1, -0.05) is 200 Å². The molecule has 1 unspecified atom stereocenters. The van der Waals surface area contributed by atoms with Gasteiger partial charge in [0.1, 0.15) is 11.9 Å². The molecule has 0 fully saturated rings. The molecule has 3 nitrogen and oxygen atoms in total. The summed E-state index contributed by atoms with van der Waals surface area (Å²) in [7, 11) is 0. The zero-order valence-corrected chi connectivity index (χ0v) is 32.7. The molecule has 0 radical (unpaired) electrons. The maximum Gasteiger partial charge on any atom is 0.160 e. The van der Waals surface area contributed by atoms with Crippen LogP contribution in [0.5, 0.6) is 5.75 Å². The highest BCUT2D eigenvalue weighted by Crippen LogP contribution is 2.45. The molecule has 1 aliphatic heterocycles. The summed E-state index contributed by atoms with van der Waals surface area (Å²) in [6.45, 7) is 0. The fourth-order valence-corrected chi connectivity index (χ4v) is 8.65. The van der Waals surface area contributed by atoms with Gasteiger partial charge in [0.05, 0.1) is 11.4 Å². The predicted molar refractivity (Wildman–Crippen MR) is 249 cm³/mol. The molecule has 282 valence electrons. The second kappa shape index (κ2) is 15.1. The minimum absolute atomic E-state index is 0.188. The van der Waals surface area contributed by atoms with Crippen LogP contribution in [0, 0.1) is 0 Å². The molecule has 1 aromatic heterocycles. The van der Waals surface area contributed by atoms with Gasteiger partial charge in [-0.3, -0.25) is 0 Å². The molecule has 9 aromatic carbocycles. The standard InChI is InChI=1S/C57H38N2O/c1-3-17-40(18-4-1)52-37-53(41-19-5-2-6-20-41)59-57(58-52)45-23-13-22-43(35-45)49-33-31-39-16-8-10-26-48(39)56(49)51-27-12-11-25-47(51)44-30-29-42-32-34-54(60-55(42)36-44)50-28-14-21-38-15-7-9-24-46(38)50/h1-37,54H. The first-order valence-electron chi connectivity index (χ1n) is 20.4. The third-order valence-corrected chi connectivity index (χ3v) is 11.6. The van der Waals surface area contributed by atoms with Gasteiger partial charge in [-0.15, -0.1) is 0 Å². The SMILES string of the molecule is C1=CC(c2cccc3ccccc23)Oc2cc(-c3ccccc3-c3c(-c4cccc(-c5nc(-c6ccccc6)cc(-c6ccccc6)n5)c4)ccc4ccccc34)ccc21. The summed E-state index contributed by atoms with van der Waals surface area (Å²) >= 11 is 0. The third-order valence-electron chi connectivity index (χ3n) is 11.6. The minimum atomic E-state index is -0.188. The number of hydrogen-bond acceptors (Lipinski definition) is 3. The van der Waals surface area contributed by atoms with E-state index in [0.717, 1.165) is 72.8 Å². The lowest BCUT2D eigenvalue weighted by molar-refractivity contribution is 0.253. The van der Waals surface area contributed by atoms with Gasteiger partial charge in [0.2, 0.25) is 0 Å². The Hall–Kier alpha value is -7.88. The van der Waals surface area contributed by atoms with E-state index in [1.165, 1.54) is 27.1 Å². The normalized spacial score (nSPS) is 13.2. The number of nitrogens with zero attached hydrogens (tertiary/aromatic N) is 2. The van der Waals surface area contributed by atoms with Crippen LogP contribution < -0.4 is 4.74 Å². The Balaban J connectivity index is 1.03. The molecule has 0 aliphatic carbocycles. The molecule has 1 aliphatic rings. The molecule has 0 saturated carbocycles. The Morgan fingerprint density at radius 2 is 0.967 bits per heavy atom. The fourth-order valence-electron chi connectivity index (χ4n) is 8.65. The largest absolute Gasteiger partial charge is 0.481 e. The van der Waals surface area contributed by atoms with Crippen LogP contribution in [0.3, 0.4) is 0 Å². The second-order valence-corrected chi connectivity index (χ2v) is 15.2. The van der Waals surface area contributed by atoms with E-state index in [2.05, 4.69) is 212 Å². The lowest BCUT2D eigenvalue weighted by Crippen LogP contribution is -2.09. The molecule has 3 heteroatoms. The summed E-state index contributed by atoms with van der Waals surface area (Å²) in [6.07, 6.45) is 4.17. The van der Waals surface area contributed by atoms with Crippen molar-refractivity contribution in [1.82, 2.24) is 9.97 Å². The summed E-state index contributed by atoms with van der Waals surface area (Å²) in [5, 5.41) is 4.79. The van der Waals surface area contributed by atoms with Gasteiger partial charge in [0, 0.05) is 27.8 Å². The Morgan fingerprint density at radius 1 is 0.383 bits per heavy atom. The zero-order chi connectivity index (χ0) is 39.8. The van der Waals surface area contributed by atoms with Gasteiger partial charge < -0.3 is 4.74 Å². The van der Waals surface area contributed by atoms with Crippen molar-refractivity contribution in [2.45, 2.75) is 6.10 Å². The first-order valence-corrected chi connectivity index (χ1v) is 20.4. The van der Waals surface area contributed by atoms with E-state index in [1.807, 2.05) is 12.1 Å². The zero-order valence-electron chi connectivity index (χ0n) is 32.7. The highest BCUT2D eigenvalue weighted by molar-refractivity contribution is 6.07. The molecule has 0 bridgehead atoms. The maximum absolute atomic E-state index is 6.83. The van der Waals surface area contributed by atoms with Gasteiger partial charge in [0.25, 0.3) is 0 Å². The molecule has 0 N–H and O–H groups in total. The van der Waals surface area contributed by atoms with Crippen molar-refractivity contribution in [2.24, 2.45) is 0 Å². The molecule has 0 saturated heterocycles. The Kier molecular flexibility index (Phi) is 8.90. The van der Waals surface area contributed by atoms with E-state index in [4.69, 9.17) is 14.7 Å². The molecule has 60 heavy (non-hydrogen) atoms. The number of aromatic nitrogens is 2. The van der Waals surface area contributed by atoms with Crippen molar-refractivity contribution in [2.75, 3.05) is 0 Å². The smallest absolute Gasteiger partial charge is 0.160 e. The molecule has 11 rings (SSSR count). The number of ether oxygens (including phenoxy) is 1. The summed E-state index contributed by atoms with van der Waals surface area (Å²) in [5.74, 6) is 1.56. The quantitative estimate of drug-likeness (QED) is 0.162. The maximum atomic E-state index is 6.83. The van der Waals surface area contributed by atoms with Crippen molar-refractivity contribution in [3.8, 4) is 73.0 Å². The van der Waals surface area contributed by atoms with Gasteiger partial charge in [-0.25, -0.2) is 9.97 Å². The molecule has 1 atom stereocenters. The van der Waals surface area contributed by atoms with Crippen LogP contribution in [-0.2, 0) is 0 Å². The molecule has 0 spiro atoms. The van der Waals surface area contributed by atoms with Crippen molar-refractivity contribution < 1.29 is 4.74 Å². The first kappa shape index (κ1) is 35.3. The van der Waals surface area contributed by atoms with Crippen LogP contribution in [0.15, 0.2) is 218 Å². The number of hydrogen-bond donors (Lipinski definition) is 0. The molecule has 10 aromatic rings. The fraction of sp³-hybridized carbons (Fsp3) is 0.0175. The monoisotopic (exact) mass is 766 g/mol. The molecular weight excluding hydrogens is 729 g/mol. The molecule has 2 heterocycles. The van der Waals surface area contributed by atoms with E-state index in [9.17, 15) is 0 Å². The second-order valence-electron chi connectivity index (χ2n) is 15.2. The van der Waals surface area contributed by atoms with Crippen molar-refractivity contribution in [1.29, 1.82) is 0 Å². The number of fused-ring (bicyclic) bond motifs is 3. The number of rotatable bonds is 7. The summed E-state index contributed by atoms with van der Waals surface area (Å²) in [6, 6.07) is 74.9.